The van der Waals surface area contributed by atoms with E-state index in [1.165, 1.54) is 43.6 Å². The Morgan fingerprint density at radius 1 is 1.23 bits per heavy atom. The number of carbonyl (C=O) groups is 2. The zero-order chi connectivity index (χ0) is 21.7. The smallest absolute Gasteiger partial charge is 0.387 e. The molecule has 1 aromatic carbocycles. The van der Waals surface area contributed by atoms with Gasteiger partial charge in [-0.2, -0.15) is 8.78 Å². The van der Waals surface area contributed by atoms with Crippen molar-refractivity contribution in [3.8, 4) is 23.0 Å². The zero-order valence-corrected chi connectivity index (χ0v) is 16.7. The van der Waals surface area contributed by atoms with E-state index in [1.807, 2.05) is 0 Å². The van der Waals surface area contributed by atoms with Gasteiger partial charge in [0.15, 0.2) is 22.4 Å². The lowest BCUT2D eigenvalue weighted by Gasteiger charge is -2.11. The van der Waals surface area contributed by atoms with Gasteiger partial charge in [0.25, 0.3) is 5.91 Å². The molecule has 0 bridgehead atoms. The molecule has 8 nitrogen and oxygen atoms in total. The molecule has 0 saturated heterocycles. The first-order valence-corrected chi connectivity index (χ1v) is 9.47. The molecule has 0 aliphatic rings. The third kappa shape index (κ3) is 5.32. The van der Waals surface area contributed by atoms with Crippen molar-refractivity contribution in [2.75, 3.05) is 12.4 Å². The summed E-state index contributed by atoms with van der Waals surface area (Å²) in [5, 5.41) is 7.29. The molecule has 0 fully saturated rings. The lowest BCUT2D eigenvalue weighted by Crippen LogP contribution is -2.18. The van der Waals surface area contributed by atoms with Crippen molar-refractivity contribution in [1.82, 2.24) is 10.3 Å². The summed E-state index contributed by atoms with van der Waals surface area (Å²) in [5.41, 5.74) is 0.698. The first kappa shape index (κ1) is 21.2. The van der Waals surface area contributed by atoms with E-state index in [4.69, 9.17) is 9.15 Å². The fourth-order valence-electron chi connectivity index (χ4n) is 2.44. The fourth-order valence-corrected chi connectivity index (χ4v) is 3.13. The quantitative estimate of drug-likeness (QED) is 0.554. The molecule has 0 saturated carbocycles. The summed E-state index contributed by atoms with van der Waals surface area (Å²) in [7, 11) is 1.28. The van der Waals surface area contributed by atoms with E-state index in [-0.39, 0.29) is 29.5 Å². The van der Waals surface area contributed by atoms with Crippen LogP contribution in [0.2, 0.25) is 0 Å². The highest BCUT2D eigenvalue weighted by molar-refractivity contribution is 7.14. The second-order valence-electron chi connectivity index (χ2n) is 5.91. The van der Waals surface area contributed by atoms with Crippen LogP contribution in [0.25, 0.3) is 11.5 Å². The number of rotatable bonds is 8. The average Bonchev–Trinajstić information content (AvgIpc) is 3.35. The van der Waals surface area contributed by atoms with Gasteiger partial charge in [-0.3, -0.25) is 14.9 Å². The normalized spacial score (nSPS) is 10.7. The van der Waals surface area contributed by atoms with E-state index in [0.717, 1.165) is 0 Å². The number of hydrogen-bond donors (Lipinski definition) is 2. The van der Waals surface area contributed by atoms with Crippen molar-refractivity contribution in [3.05, 3.63) is 47.0 Å². The molecule has 30 heavy (non-hydrogen) atoms. The van der Waals surface area contributed by atoms with Gasteiger partial charge in [0.05, 0.1) is 13.7 Å². The van der Waals surface area contributed by atoms with Gasteiger partial charge in [-0.15, -0.1) is 11.3 Å². The molecule has 3 rings (SSSR count). The van der Waals surface area contributed by atoms with Gasteiger partial charge in [-0.05, 0) is 30.3 Å². The number of benzene rings is 1. The first-order chi connectivity index (χ1) is 14.4. The van der Waals surface area contributed by atoms with Gasteiger partial charge in [0.2, 0.25) is 5.91 Å². The number of furan rings is 1. The SMILES string of the molecule is COc1cc(C(=O)Nc2nc(-c3ccc(CNC(C)=O)o3)cs2)ccc1OC(F)F. The molecule has 0 atom stereocenters. The number of ether oxygens (including phenoxy) is 2. The van der Waals surface area contributed by atoms with Crippen LogP contribution in [0.3, 0.4) is 0 Å². The number of methoxy groups -OCH3 is 1. The molecule has 2 N–H and O–H groups in total. The Morgan fingerprint density at radius 2 is 2.03 bits per heavy atom. The van der Waals surface area contributed by atoms with E-state index in [1.54, 1.807) is 17.5 Å². The first-order valence-electron chi connectivity index (χ1n) is 8.59. The van der Waals surface area contributed by atoms with Crippen LogP contribution >= 0.6 is 11.3 Å². The maximum Gasteiger partial charge on any atom is 0.387 e. The van der Waals surface area contributed by atoms with Gasteiger partial charge in [0.1, 0.15) is 11.5 Å². The number of thiazole rings is 1. The average molecular weight is 437 g/mol. The Morgan fingerprint density at radius 3 is 2.73 bits per heavy atom. The molecule has 0 unspecified atom stereocenters. The maximum absolute atomic E-state index is 12.5. The predicted octanol–water partition coefficient (Wildman–Crippen LogP) is 3.90. The topological polar surface area (TPSA) is 103 Å². The van der Waals surface area contributed by atoms with E-state index in [0.29, 0.717) is 22.3 Å². The molecule has 3 aromatic rings. The molecule has 0 radical (unpaired) electrons. The van der Waals surface area contributed by atoms with Gasteiger partial charge in [0, 0.05) is 17.9 Å². The van der Waals surface area contributed by atoms with Crippen LogP contribution in [0, 0.1) is 0 Å². The van der Waals surface area contributed by atoms with E-state index in [9.17, 15) is 18.4 Å². The maximum atomic E-state index is 12.5. The Bertz CT molecular complexity index is 1050. The fraction of sp³-hybridized carbons (Fsp3) is 0.211. The van der Waals surface area contributed by atoms with Crippen molar-refractivity contribution < 1.29 is 32.3 Å². The van der Waals surface area contributed by atoms with Gasteiger partial charge >= 0.3 is 6.61 Å². The lowest BCUT2D eigenvalue weighted by molar-refractivity contribution is -0.119. The van der Waals surface area contributed by atoms with Crippen molar-refractivity contribution >= 4 is 28.3 Å². The Kier molecular flexibility index (Phi) is 6.62. The molecular formula is C19H17F2N3O5S. The highest BCUT2D eigenvalue weighted by Gasteiger charge is 2.16. The summed E-state index contributed by atoms with van der Waals surface area (Å²) >= 11 is 1.19. The predicted molar refractivity (Wildman–Crippen MR) is 105 cm³/mol. The molecule has 2 heterocycles. The van der Waals surface area contributed by atoms with Crippen molar-refractivity contribution in [3.63, 3.8) is 0 Å². The second-order valence-corrected chi connectivity index (χ2v) is 6.77. The number of carbonyl (C=O) groups excluding carboxylic acids is 2. The Hall–Kier alpha value is -3.47. The molecule has 2 aromatic heterocycles. The number of halogens is 2. The molecule has 0 spiro atoms. The lowest BCUT2D eigenvalue weighted by atomic mass is 10.2. The van der Waals surface area contributed by atoms with Crippen LogP contribution in [0.1, 0.15) is 23.0 Å². The van der Waals surface area contributed by atoms with E-state index < -0.39 is 12.5 Å². The molecule has 2 amide bonds. The molecule has 0 aliphatic carbocycles. The minimum atomic E-state index is -3.01. The number of aromatic nitrogens is 1. The number of amides is 2. The second kappa shape index (κ2) is 9.35. The Labute approximate surface area is 173 Å². The number of nitrogens with zero attached hydrogens (tertiary/aromatic N) is 1. The Balaban J connectivity index is 1.68. The van der Waals surface area contributed by atoms with Gasteiger partial charge < -0.3 is 19.2 Å². The van der Waals surface area contributed by atoms with E-state index >= 15 is 0 Å². The van der Waals surface area contributed by atoms with Crippen LogP contribution in [0.15, 0.2) is 40.1 Å². The summed E-state index contributed by atoms with van der Waals surface area (Å²) < 4.78 is 39.8. The summed E-state index contributed by atoms with van der Waals surface area (Å²) in [6, 6.07) is 7.29. The number of anilines is 1. The molecule has 11 heteroatoms. The van der Waals surface area contributed by atoms with Crippen molar-refractivity contribution in [1.29, 1.82) is 0 Å². The minimum Gasteiger partial charge on any atom is -0.493 e. The number of alkyl halides is 2. The monoisotopic (exact) mass is 437 g/mol. The third-order valence-corrected chi connectivity index (χ3v) is 4.55. The van der Waals surface area contributed by atoms with Crippen LogP contribution < -0.4 is 20.1 Å². The summed E-state index contributed by atoms with van der Waals surface area (Å²) in [6.45, 7) is -1.34. The largest absolute Gasteiger partial charge is 0.493 e. The third-order valence-electron chi connectivity index (χ3n) is 3.79. The van der Waals surface area contributed by atoms with Gasteiger partial charge in [-0.1, -0.05) is 0 Å². The van der Waals surface area contributed by atoms with Crippen LogP contribution in [-0.2, 0) is 11.3 Å². The highest BCUT2D eigenvalue weighted by Crippen LogP contribution is 2.30. The molecular weight excluding hydrogens is 420 g/mol. The number of hydrogen-bond acceptors (Lipinski definition) is 7. The zero-order valence-electron chi connectivity index (χ0n) is 15.9. The van der Waals surface area contributed by atoms with Crippen LogP contribution in [0.5, 0.6) is 11.5 Å². The molecule has 158 valence electrons. The summed E-state index contributed by atoms with van der Waals surface area (Å²) in [6.07, 6.45) is 0. The van der Waals surface area contributed by atoms with Gasteiger partial charge in [-0.25, -0.2) is 4.98 Å². The minimum absolute atomic E-state index is 0.00469. The van der Waals surface area contributed by atoms with Crippen molar-refractivity contribution in [2.45, 2.75) is 20.1 Å². The number of nitrogens with one attached hydrogen (secondary N) is 2. The molecule has 0 aliphatic heterocycles. The highest BCUT2D eigenvalue weighted by atomic mass is 32.1. The standard InChI is InChI=1S/C19H17F2N3O5S/c1-10(25)22-8-12-4-6-14(28-12)13-9-30-19(23-13)24-17(26)11-3-5-15(29-18(20)21)16(7-11)27-2/h3-7,9,18H,8H2,1-2H3,(H,22,25)(H,23,24,26). The van der Waals surface area contributed by atoms with E-state index in [2.05, 4.69) is 20.4 Å². The van der Waals surface area contributed by atoms with Crippen LogP contribution in [-0.4, -0.2) is 30.5 Å². The van der Waals surface area contributed by atoms with Crippen LogP contribution in [0.4, 0.5) is 13.9 Å². The van der Waals surface area contributed by atoms with Crippen molar-refractivity contribution in [2.24, 2.45) is 0 Å². The summed E-state index contributed by atoms with van der Waals surface area (Å²) in [5.74, 6) is 0.221. The summed E-state index contributed by atoms with van der Waals surface area (Å²) in [4.78, 5) is 27.7.